The third-order valence-electron chi connectivity index (χ3n) is 3.24. The van der Waals surface area contributed by atoms with Crippen molar-refractivity contribution in [3.8, 4) is 0 Å². The van der Waals surface area contributed by atoms with Crippen LogP contribution >= 0.6 is 0 Å². The lowest BCUT2D eigenvalue weighted by atomic mass is 10.2. The maximum atomic E-state index is 11.9. The summed E-state index contributed by atoms with van der Waals surface area (Å²) in [4.78, 5) is 11.9. The first-order valence-electron chi connectivity index (χ1n) is 6.78. The van der Waals surface area contributed by atoms with E-state index in [1.165, 1.54) is 18.4 Å². The zero-order chi connectivity index (χ0) is 13.9. The third-order valence-corrected chi connectivity index (χ3v) is 3.24. The van der Waals surface area contributed by atoms with Gasteiger partial charge in [-0.2, -0.15) is 0 Å². The van der Waals surface area contributed by atoms with Crippen molar-refractivity contribution in [1.29, 1.82) is 0 Å². The van der Waals surface area contributed by atoms with Crippen LogP contribution in [0.1, 0.15) is 34.7 Å². The number of nitrogens with zero attached hydrogens (tertiary/aromatic N) is 1. The smallest absolute Gasteiger partial charge is 0.277 e. The molecule has 1 fully saturated rings. The summed E-state index contributed by atoms with van der Waals surface area (Å²) < 4.78 is 4.88. The van der Waals surface area contributed by atoms with Gasteiger partial charge in [-0.3, -0.25) is 4.79 Å². The summed E-state index contributed by atoms with van der Waals surface area (Å²) in [6.07, 6.45) is 2.57. The van der Waals surface area contributed by atoms with Gasteiger partial charge in [-0.05, 0) is 37.5 Å². The molecule has 1 heterocycles. The van der Waals surface area contributed by atoms with Gasteiger partial charge in [0.05, 0.1) is 0 Å². The summed E-state index contributed by atoms with van der Waals surface area (Å²) in [5.41, 5.74) is 2.26. The highest BCUT2D eigenvalue weighted by atomic mass is 16.5. The molecular weight excluding hydrogens is 254 g/mol. The Morgan fingerprint density at radius 2 is 2.10 bits per heavy atom. The first-order valence-corrected chi connectivity index (χ1v) is 6.78. The molecule has 20 heavy (non-hydrogen) atoms. The number of hydrogen-bond acceptors (Lipinski definition) is 4. The van der Waals surface area contributed by atoms with E-state index >= 15 is 0 Å². The van der Waals surface area contributed by atoms with Crippen molar-refractivity contribution in [2.45, 2.75) is 32.4 Å². The largest absolute Gasteiger partial charge is 0.361 e. The van der Waals surface area contributed by atoms with Crippen LogP contribution in [0, 0.1) is 6.92 Å². The molecule has 104 valence electrons. The van der Waals surface area contributed by atoms with Crippen LogP contribution in [0.5, 0.6) is 0 Å². The number of benzene rings is 1. The van der Waals surface area contributed by atoms with Gasteiger partial charge < -0.3 is 15.2 Å². The third kappa shape index (κ3) is 3.24. The summed E-state index contributed by atoms with van der Waals surface area (Å²) in [6, 6.07) is 10.1. The van der Waals surface area contributed by atoms with E-state index in [0.717, 1.165) is 12.2 Å². The molecule has 0 spiro atoms. The molecule has 0 aliphatic heterocycles. The molecule has 5 nitrogen and oxygen atoms in total. The molecule has 2 N–H and O–H groups in total. The molecule has 1 aromatic heterocycles. The predicted molar refractivity (Wildman–Crippen MR) is 75.5 cm³/mol. The normalized spacial score (nSPS) is 14.2. The molecule has 1 aromatic carbocycles. The Hall–Kier alpha value is -2.14. The molecule has 0 bridgehead atoms. The van der Waals surface area contributed by atoms with Crippen LogP contribution < -0.4 is 10.6 Å². The molecule has 1 amide bonds. The van der Waals surface area contributed by atoms with Gasteiger partial charge in [-0.15, -0.1) is 0 Å². The number of aromatic nitrogens is 1. The topological polar surface area (TPSA) is 67.2 Å². The molecule has 1 saturated carbocycles. The first-order chi connectivity index (χ1) is 9.70. The van der Waals surface area contributed by atoms with Crippen LogP contribution in [-0.4, -0.2) is 17.1 Å². The SMILES string of the molecule is Cc1cc(C(=O)Nc2ccc(CNC3CC3)cc2)no1. The molecule has 3 rings (SSSR count). The number of anilines is 1. The fraction of sp³-hybridized carbons (Fsp3) is 0.333. The molecule has 0 atom stereocenters. The van der Waals surface area contributed by atoms with Gasteiger partial charge in [0, 0.05) is 24.3 Å². The van der Waals surface area contributed by atoms with Gasteiger partial charge in [0.25, 0.3) is 5.91 Å². The highest BCUT2D eigenvalue weighted by Crippen LogP contribution is 2.19. The molecule has 2 aromatic rings. The molecule has 5 heteroatoms. The monoisotopic (exact) mass is 271 g/mol. The number of nitrogens with one attached hydrogen (secondary N) is 2. The van der Waals surface area contributed by atoms with E-state index in [-0.39, 0.29) is 5.91 Å². The van der Waals surface area contributed by atoms with Gasteiger partial charge in [0.2, 0.25) is 0 Å². The molecule has 0 saturated heterocycles. The zero-order valence-electron chi connectivity index (χ0n) is 11.3. The fourth-order valence-corrected chi connectivity index (χ4v) is 1.92. The number of aryl methyl sites for hydroxylation is 1. The second-order valence-corrected chi connectivity index (χ2v) is 5.13. The second-order valence-electron chi connectivity index (χ2n) is 5.13. The number of carbonyl (C=O) groups excluding carboxylic acids is 1. The van der Waals surface area contributed by atoms with Crippen molar-refractivity contribution < 1.29 is 9.32 Å². The van der Waals surface area contributed by atoms with Crippen molar-refractivity contribution in [3.05, 3.63) is 47.3 Å². The minimum atomic E-state index is -0.259. The average molecular weight is 271 g/mol. The van der Waals surface area contributed by atoms with E-state index in [1.807, 2.05) is 24.3 Å². The molecule has 1 aliphatic rings. The Balaban J connectivity index is 1.58. The lowest BCUT2D eigenvalue weighted by molar-refractivity contribution is 0.101. The summed E-state index contributed by atoms with van der Waals surface area (Å²) >= 11 is 0. The van der Waals surface area contributed by atoms with Gasteiger partial charge in [-0.25, -0.2) is 0 Å². The van der Waals surface area contributed by atoms with E-state index < -0.39 is 0 Å². The second kappa shape index (κ2) is 5.46. The number of amides is 1. The van der Waals surface area contributed by atoms with Crippen molar-refractivity contribution >= 4 is 11.6 Å². The number of carbonyl (C=O) groups is 1. The molecule has 0 radical (unpaired) electrons. The van der Waals surface area contributed by atoms with Crippen molar-refractivity contribution in [2.75, 3.05) is 5.32 Å². The maximum Gasteiger partial charge on any atom is 0.277 e. The van der Waals surface area contributed by atoms with Crippen LogP contribution in [0.3, 0.4) is 0 Å². The van der Waals surface area contributed by atoms with E-state index in [0.29, 0.717) is 17.5 Å². The highest BCUT2D eigenvalue weighted by molar-refractivity contribution is 6.02. The number of hydrogen-bond donors (Lipinski definition) is 2. The molecule has 1 aliphatic carbocycles. The van der Waals surface area contributed by atoms with Gasteiger partial charge in [0.1, 0.15) is 5.76 Å². The minimum Gasteiger partial charge on any atom is -0.361 e. The lowest BCUT2D eigenvalue weighted by Gasteiger charge is -2.06. The number of rotatable bonds is 5. The standard InChI is InChI=1S/C15H17N3O2/c1-10-8-14(18-20-10)15(19)17-13-4-2-11(3-5-13)9-16-12-6-7-12/h2-5,8,12,16H,6-7,9H2,1H3,(H,17,19). The van der Waals surface area contributed by atoms with E-state index in [2.05, 4.69) is 15.8 Å². The van der Waals surface area contributed by atoms with Gasteiger partial charge in [-0.1, -0.05) is 17.3 Å². The predicted octanol–water partition coefficient (Wildman–Crippen LogP) is 2.49. The summed E-state index contributed by atoms with van der Waals surface area (Å²) in [5.74, 6) is 0.363. The first kappa shape index (κ1) is 12.9. The van der Waals surface area contributed by atoms with Crippen LogP contribution in [-0.2, 0) is 6.54 Å². The van der Waals surface area contributed by atoms with E-state index in [4.69, 9.17) is 4.52 Å². The summed E-state index contributed by atoms with van der Waals surface area (Å²) in [6.45, 7) is 2.63. The van der Waals surface area contributed by atoms with Gasteiger partial charge in [0.15, 0.2) is 5.69 Å². The Kier molecular flexibility index (Phi) is 3.52. The Morgan fingerprint density at radius 3 is 2.70 bits per heavy atom. The summed E-state index contributed by atoms with van der Waals surface area (Å²) in [5, 5.41) is 9.93. The Bertz CT molecular complexity index is 600. The summed E-state index contributed by atoms with van der Waals surface area (Å²) in [7, 11) is 0. The average Bonchev–Trinajstić information content (AvgIpc) is 3.18. The minimum absolute atomic E-state index is 0.259. The van der Waals surface area contributed by atoms with Crippen molar-refractivity contribution in [1.82, 2.24) is 10.5 Å². The Morgan fingerprint density at radius 1 is 1.35 bits per heavy atom. The van der Waals surface area contributed by atoms with E-state index in [1.54, 1.807) is 13.0 Å². The fourth-order valence-electron chi connectivity index (χ4n) is 1.92. The van der Waals surface area contributed by atoms with Crippen molar-refractivity contribution in [2.24, 2.45) is 0 Å². The van der Waals surface area contributed by atoms with Crippen LogP contribution in [0.2, 0.25) is 0 Å². The molecule has 0 unspecified atom stereocenters. The van der Waals surface area contributed by atoms with Gasteiger partial charge >= 0.3 is 0 Å². The highest BCUT2D eigenvalue weighted by Gasteiger charge is 2.19. The van der Waals surface area contributed by atoms with Crippen LogP contribution in [0.4, 0.5) is 5.69 Å². The Labute approximate surface area is 117 Å². The molecular formula is C15H17N3O2. The van der Waals surface area contributed by atoms with E-state index in [9.17, 15) is 4.79 Å². The maximum absolute atomic E-state index is 11.9. The lowest BCUT2D eigenvalue weighted by Crippen LogP contribution is -2.15. The van der Waals surface area contributed by atoms with Crippen molar-refractivity contribution in [3.63, 3.8) is 0 Å². The van der Waals surface area contributed by atoms with Crippen LogP contribution in [0.15, 0.2) is 34.9 Å². The van der Waals surface area contributed by atoms with Crippen LogP contribution in [0.25, 0.3) is 0 Å². The zero-order valence-corrected chi connectivity index (χ0v) is 11.3. The quantitative estimate of drug-likeness (QED) is 0.876.